The topological polar surface area (TPSA) is 45.1 Å². The van der Waals surface area contributed by atoms with Crippen molar-refractivity contribution in [3.05, 3.63) is 66.0 Å². The second-order valence-corrected chi connectivity index (χ2v) is 5.91. The van der Waals surface area contributed by atoms with Crippen molar-refractivity contribution >= 4 is 0 Å². The van der Waals surface area contributed by atoms with Crippen LogP contribution >= 0.6 is 0 Å². The summed E-state index contributed by atoms with van der Waals surface area (Å²) in [4.78, 5) is 4.48. The lowest BCUT2D eigenvalue weighted by Gasteiger charge is -2.27. The lowest BCUT2D eigenvalue weighted by atomic mass is 9.99. The van der Waals surface area contributed by atoms with E-state index in [1.165, 1.54) is 5.56 Å². The number of nitrogens with zero attached hydrogens (tertiary/aromatic N) is 1. The van der Waals surface area contributed by atoms with E-state index in [9.17, 15) is 5.11 Å². The SMILES string of the molecule is OC1(CNC(c2ccccc2)c2ccccn2)CCCC1. The molecule has 0 radical (unpaired) electrons. The summed E-state index contributed by atoms with van der Waals surface area (Å²) in [7, 11) is 0. The molecule has 3 rings (SSSR count). The van der Waals surface area contributed by atoms with Gasteiger partial charge in [-0.1, -0.05) is 49.2 Å². The van der Waals surface area contributed by atoms with Crippen LogP contribution in [0, 0.1) is 0 Å². The molecule has 0 spiro atoms. The van der Waals surface area contributed by atoms with Gasteiger partial charge < -0.3 is 10.4 Å². The van der Waals surface area contributed by atoms with Gasteiger partial charge in [0.05, 0.1) is 17.3 Å². The van der Waals surface area contributed by atoms with E-state index in [0.29, 0.717) is 6.54 Å². The third-order valence-electron chi connectivity index (χ3n) is 4.29. The molecule has 1 aliphatic rings. The smallest absolute Gasteiger partial charge is 0.0771 e. The van der Waals surface area contributed by atoms with Crippen LogP contribution in [0.2, 0.25) is 0 Å². The highest BCUT2D eigenvalue weighted by atomic mass is 16.3. The fourth-order valence-corrected chi connectivity index (χ4v) is 3.09. The van der Waals surface area contributed by atoms with Crippen molar-refractivity contribution in [1.82, 2.24) is 10.3 Å². The van der Waals surface area contributed by atoms with Crippen molar-refractivity contribution in [1.29, 1.82) is 0 Å². The van der Waals surface area contributed by atoms with E-state index in [0.717, 1.165) is 31.4 Å². The molecule has 2 aromatic rings. The van der Waals surface area contributed by atoms with Gasteiger partial charge in [-0.15, -0.1) is 0 Å². The van der Waals surface area contributed by atoms with Crippen LogP contribution in [-0.4, -0.2) is 22.2 Å². The van der Waals surface area contributed by atoms with Crippen molar-refractivity contribution < 1.29 is 5.11 Å². The molecule has 1 aromatic carbocycles. The molecule has 1 saturated carbocycles. The van der Waals surface area contributed by atoms with Gasteiger partial charge in [0, 0.05) is 12.7 Å². The van der Waals surface area contributed by atoms with Crippen LogP contribution in [0.25, 0.3) is 0 Å². The predicted molar refractivity (Wildman–Crippen MR) is 83.9 cm³/mol. The Balaban J connectivity index is 1.80. The van der Waals surface area contributed by atoms with Gasteiger partial charge in [0.25, 0.3) is 0 Å². The molecular formula is C18H22N2O. The summed E-state index contributed by atoms with van der Waals surface area (Å²) in [6.07, 6.45) is 5.85. The number of hydrogen-bond donors (Lipinski definition) is 2. The molecule has 3 nitrogen and oxygen atoms in total. The zero-order valence-corrected chi connectivity index (χ0v) is 12.2. The second-order valence-electron chi connectivity index (χ2n) is 5.91. The summed E-state index contributed by atoms with van der Waals surface area (Å²) in [5.41, 5.74) is 1.62. The zero-order chi connectivity index (χ0) is 14.5. The van der Waals surface area contributed by atoms with Crippen molar-refractivity contribution in [3.8, 4) is 0 Å². The van der Waals surface area contributed by atoms with Gasteiger partial charge >= 0.3 is 0 Å². The van der Waals surface area contributed by atoms with Crippen LogP contribution in [0.3, 0.4) is 0 Å². The Morgan fingerprint density at radius 1 is 1.05 bits per heavy atom. The number of rotatable bonds is 5. The quantitative estimate of drug-likeness (QED) is 0.886. The van der Waals surface area contributed by atoms with Crippen LogP contribution in [0.4, 0.5) is 0 Å². The van der Waals surface area contributed by atoms with E-state index in [1.54, 1.807) is 0 Å². The summed E-state index contributed by atoms with van der Waals surface area (Å²) < 4.78 is 0. The van der Waals surface area contributed by atoms with Gasteiger partial charge in [0.2, 0.25) is 0 Å². The summed E-state index contributed by atoms with van der Waals surface area (Å²) in [5.74, 6) is 0. The number of hydrogen-bond acceptors (Lipinski definition) is 3. The summed E-state index contributed by atoms with van der Waals surface area (Å²) in [6.45, 7) is 0.614. The summed E-state index contributed by atoms with van der Waals surface area (Å²) in [5, 5.41) is 14.1. The van der Waals surface area contributed by atoms with Crippen molar-refractivity contribution in [2.45, 2.75) is 37.3 Å². The first kappa shape index (κ1) is 14.2. The highest BCUT2D eigenvalue weighted by Crippen LogP contribution is 2.30. The minimum atomic E-state index is -0.554. The van der Waals surface area contributed by atoms with Crippen molar-refractivity contribution in [2.24, 2.45) is 0 Å². The minimum absolute atomic E-state index is 0.0250. The Kier molecular flexibility index (Phi) is 4.32. The fourth-order valence-electron chi connectivity index (χ4n) is 3.09. The molecule has 1 aromatic heterocycles. The summed E-state index contributed by atoms with van der Waals surface area (Å²) >= 11 is 0. The van der Waals surface area contributed by atoms with Crippen LogP contribution in [0.15, 0.2) is 54.7 Å². The van der Waals surface area contributed by atoms with Crippen LogP contribution in [-0.2, 0) is 0 Å². The normalized spacial score (nSPS) is 18.5. The lowest BCUT2D eigenvalue weighted by Crippen LogP contribution is -2.40. The molecule has 0 bridgehead atoms. The average molecular weight is 282 g/mol. The molecule has 21 heavy (non-hydrogen) atoms. The first-order valence-electron chi connectivity index (χ1n) is 7.69. The molecule has 1 fully saturated rings. The Hall–Kier alpha value is -1.71. The van der Waals surface area contributed by atoms with Gasteiger partial charge in [-0.2, -0.15) is 0 Å². The average Bonchev–Trinajstić information content (AvgIpc) is 2.97. The van der Waals surface area contributed by atoms with E-state index in [1.807, 2.05) is 42.6 Å². The van der Waals surface area contributed by atoms with Crippen molar-refractivity contribution in [2.75, 3.05) is 6.54 Å². The molecule has 1 unspecified atom stereocenters. The van der Waals surface area contributed by atoms with E-state index in [4.69, 9.17) is 0 Å². The maximum absolute atomic E-state index is 10.6. The van der Waals surface area contributed by atoms with E-state index < -0.39 is 5.60 Å². The molecule has 3 heteroatoms. The summed E-state index contributed by atoms with van der Waals surface area (Å²) in [6, 6.07) is 16.3. The number of pyridine rings is 1. The molecule has 0 aliphatic heterocycles. The Morgan fingerprint density at radius 2 is 1.76 bits per heavy atom. The maximum Gasteiger partial charge on any atom is 0.0771 e. The molecular weight excluding hydrogens is 260 g/mol. The van der Waals surface area contributed by atoms with E-state index in [-0.39, 0.29) is 6.04 Å². The second kappa shape index (κ2) is 6.37. The third kappa shape index (κ3) is 3.49. The highest BCUT2D eigenvalue weighted by Gasteiger charge is 2.31. The van der Waals surface area contributed by atoms with Crippen LogP contribution < -0.4 is 5.32 Å². The van der Waals surface area contributed by atoms with Gasteiger partial charge in [-0.05, 0) is 30.5 Å². The Bertz CT molecular complexity index is 510. The molecule has 2 N–H and O–H groups in total. The number of benzene rings is 1. The first-order chi connectivity index (χ1) is 10.3. The van der Waals surface area contributed by atoms with Gasteiger partial charge in [0.1, 0.15) is 0 Å². The molecule has 110 valence electrons. The third-order valence-corrected chi connectivity index (χ3v) is 4.29. The van der Waals surface area contributed by atoms with Gasteiger partial charge in [-0.3, -0.25) is 4.98 Å². The number of aromatic nitrogens is 1. The van der Waals surface area contributed by atoms with Crippen LogP contribution in [0.1, 0.15) is 43.0 Å². The molecule has 1 heterocycles. The largest absolute Gasteiger partial charge is 0.389 e. The van der Waals surface area contributed by atoms with Gasteiger partial charge in [0.15, 0.2) is 0 Å². The highest BCUT2D eigenvalue weighted by molar-refractivity contribution is 5.27. The van der Waals surface area contributed by atoms with Crippen molar-refractivity contribution in [3.63, 3.8) is 0 Å². The predicted octanol–water partition coefficient (Wildman–Crippen LogP) is 3.07. The Morgan fingerprint density at radius 3 is 2.43 bits per heavy atom. The first-order valence-corrected chi connectivity index (χ1v) is 7.69. The van der Waals surface area contributed by atoms with Crippen LogP contribution in [0.5, 0.6) is 0 Å². The Labute approximate surface area is 126 Å². The molecule has 0 saturated heterocycles. The molecule has 1 aliphatic carbocycles. The van der Waals surface area contributed by atoms with E-state index in [2.05, 4.69) is 22.4 Å². The lowest BCUT2D eigenvalue weighted by molar-refractivity contribution is 0.0459. The maximum atomic E-state index is 10.6. The molecule has 0 amide bonds. The fraction of sp³-hybridized carbons (Fsp3) is 0.389. The van der Waals surface area contributed by atoms with E-state index >= 15 is 0 Å². The van der Waals surface area contributed by atoms with Gasteiger partial charge in [-0.25, -0.2) is 0 Å². The number of aliphatic hydroxyl groups is 1. The minimum Gasteiger partial charge on any atom is -0.389 e. The zero-order valence-electron chi connectivity index (χ0n) is 12.2. The number of nitrogens with one attached hydrogen (secondary N) is 1. The standard InChI is InChI=1S/C18H22N2O/c21-18(11-5-6-12-18)14-20-17(15-8-2-1-3-9-15)16-10-4-7-13-19-16/h1-4,7-10,13,17,20-21H,5-6,11-12,14H2. The molecule has 1 atom stereocenters. The monoisotopic (exact) mass is 282 g/mol.